The molecule has 0 aliphatic carbocycles. The topological polar surface area (TPSA) is 55.2 Å². The summed E-state index contributed by atoms with van der Waals surface area (Å²) in [6, 6.07) is 5.61. The van der Waals surface area contributed by atoms with Crippen LogP contribution in [-0.2, 0) is 0 Å². The first kappa shape index (κ1) is 8.80. The van der Waals surface area contributed by atoms with Gasteiger partial charge in [0.05, 0.1) is 4.92 Å². The average Bonchev–Trinajstić information content (AvgIpc) is 2.03. The molecule has 4 nitrogen and oxygen atoms in total. The molecular formula is C7H6ClN2O2. The predicted octanol–water partition coefficient (Wildman–Crippen LogP) is 2.09. The number of hydrogen-bond donors (Lipinski definition) is 1. The van der Waals surface area contributed by atoms with Crippen LogP contribution < -0.4 is 5.32 Å². The number of hydrogen-bond acceptors (Lipinski definition) is 3. The zero-order valence-corrected chi connectivity index (χ0v) is 7.05. The molecule has 0 bridgehead atoms. The lowest BCUT2D eigenvalue weighted by Crippen LogP contribution is -1.96. The van der Waals surface area contributed by atoms with E-state index in [0.29, 0.717) is 5.69 Å². The molecule has 0 aromatic heterocycles. The third kappa shape index (κ3) is 1.48. The second-order valence-corrected chi connectivity index (χ2v) is 2.44. The molecule has 12 heavy (non-hydrogen) atoms. The first-order valence-corrected chi connectivity index (χ1v) is 3.57. The molecule has 0 fully saturated rings. The highest BCUT2D eigenvalue weighted by Crippen LogP contribution is 2.31. The van der Waals surface area contributed by atoms with Crippen molar-refractivity contribution >= 4 is 23.0 Å². The van der Waals surface area contributed by atoms with Gasteiger partial charge in [-0.05, 0) is 6.07 Å². The summed E-state index contributed by atoms with van der Waals surface area (Å²) in [5.74, 6) is 0. The van der Waals surface area contributed by atoms with Crippen LogP contribution in [0.5, 0.6) is 0 Å². The van der Waals surface area contributed by atoms with E-state index >= 15 is 0 Å². The molecule has 1 aromatic carbocycles. The van der Waals surface area contributed by atoms with E-state index in [0.717, 1.165) is 0 Å². The van der Waals surface area contributed by atoms with Gasteiger partial charge in [0.15, 0.2) is 0 Å². The molecule has 63 valence electrons. The Hall–Kier alpha value is -1.29. The highest BCUT2D eigenvalue weighted by Gasteiger charge is 2.16. The fraction of sp³-hybridized carbons (Fsp3) is 0.143. The Morgan fingerprint density at radius 2 is 2.42 bits per heavy atom. The first-order valence-electron chi connectivity index (χ1n) is 3.19. The van der Waals surface area contributed by atoms with Gasteiger partial charge in [-0.1, -0.05) is 17.7 Å². The number of rotatable bonds is 2. The Labute approximate surface area is 74.3 Å². The maximum atomic E-state index is 10.5. The van der Waals surface area contributed by atoms with Crippen molar-refractivity contribution < 1.29 is 4.92 Å². The highest BCUT2D eigenvalue weighted by atomic mass is 35.5. The van der Waals surface area contributed by atoms with Gasteiger partial charge in [0.2, 0.25) is 0 Å². The minimum atomic E-state index is -0.537. The van der Waals surface area contributed by atoms with Crippen LogP contribution >= 0.6 is 11.6 Å². The smallest absolute Gasteiger partial charge is 0.311 e. The molecule has 0 amide bonds. The Morgan fingerprint density at radius 3 is 2.83 bits per heavy atom. The molecule has 1 radical (unpaired) electrons. The SMILES string of the molecule is CNc1cc[c]c(Cl)c1[N+](=O)[O-]. The summed E-state index contributed by atoms with van der Waals surface area (Å²) in [5, 5.41) is 13.2. The summed E-state index contributed by atoms with van der Waals surface area (Å²) in [6.45, 7) is 0. The van der Waals surface area contributed by atoms with Crippen LogP contribution in [0.2, 0.25) is 5.02 Å². The number of halogens is 1. The summed E-state index contributed by atoms with van der Waals surface area (Å²) >= 11 is 5.57. The molecule has 0 unspecified atom stereocenters. The van der Waals surface area contributed by atoms with Crippen molar-refractivity contribution in [3.63, 3.8) is 0 Å². The molecule has 5 heteroatoms. The Bertz CT molecular complexity index is 314. The van der Waals surface area contributed by atoms with E-state index in [2.05, 4.69) is 11.4 Å². The molecule has 0 aliphatic rings. The quantitative estimate of drug-likeness (QED) is 0.567. The Balaban J connectivity index is 3.29. The average molecular weight is 186 g/mol. The van der Waals surface area contributed by atoms with Crippen LogP contribution in [0, 0.1) is 16.2 Å². The summed E-state index contributed by atoms with van der Waals surface area (Å²) in [7, 11) is 1.60. The largest absolute Gasteiger partial charge is 0.383 e. The fourth-order valence-electron chi connectivity index (χ4n) is 0.844. The van der Waals surface area contributed by atoms with Crippen LogP contribution in [0.4, 0.5) is 11.4 Å². The minimum absolute atomic E-state index is 0.0202. The number of benzene rings is 1. The number of nitrogens with zero attached hydrogens (tertiary/aromatic N) is 1. The highest BCUT2D eigenvalue weighted by molar-refractivity contribution is 6.33. The van der Waals surface area contributed by atoms with Gasteiger partial charge in [-0.2, -0.15) is 0 Å². The standard InChI is InChI=1S/C7H6ClN2O2/c1-9-6-4-2-3-5(8)7(6)10(11)12/h2,4,9H,1H3. The Kier molecular flexibility index (Phi) is 2.50. The lowest BCUT2D eigenvalue weighted by Gasteiger charge is -2.01. The first-order chi connectivity index (χ1) is 5.66. The van der Waals surface area contributed by atoms with Crippen molar-refractivity contribution in [3.05, 3.63) is 33.3 Å². The van der Waals surface area contributed by atoms with E-state index in [1.165, 1.54) is 6.07 Å². The fourth-order valence-corrected chi connectivity index (χ4v) is 1.08. The Morgan fingerprint density at radius 1 is 1.75 bits per heavy atom. The van der Waals surface area contributed by atoms with E-state index in [4.69, 9.17) is 11.6 Å². The lowest BCUT2D eigenvalue weighted by atomic mass is 10.3. The second kappa shape index (κ2) is 3.40. The molecule has 0 saturated carbocycles. The van der Waals surface area contributed by atoms with Gasteiger partial charge in [-0.15, -0.1) is 0 Å². The third-order valence-electron chi connectivity index (χ3n) is 1.37. The van der Waals surface area contributed by atoms with Crippen LogP contribution in [0.15, 0.2) is 12.1 Å². The van der Waals surface area contributed by atoms with Crippen LogP contribution in [0.25, 0.3) is 0 Å². The summed E-state index contributed by atoms with van der Waals surface area (Å²) in [4.78, 5) is 9.93. The van der Waals surface area contributed by atoms with Crippen molar-refractivity contribution in [2.45, 2.75) is 0 Å². The van der Waals surface area contributed by atoms with Crippen molar-refractivity contribution in [2.75, 3.05) is 12.4 Å². The van der Waals surface area contributed by atoms with Gasteiger partial charge in [0.1, 0.15) is 10.7 Å². The van der Waals surface area contributed by atoms with E-state index in [9.17, 15) is 10.1 Å². The zero-order valence-electron chi connectivity index (χ0n) is 6.30. The van der Waals surface area contributed by atoms with Crippen molar-refractivity contribution in [3.8, 4) is 0 Å². The van der Waals surface area contributed by atoms with E-state index in [1.807, 2.05) is 0 Å². The van der Waals surface area contributed by atoms with Gasteiger partial charge in [-0.25, -0.2) is 0 Å². The number of anilines is 1. The maximum absolute atomic E-state index is 10.5. The third-order valence-corrected chi connectivity index (χ3v) is 1.66. The monoisotopic (exact) mass is 185 g/mol. The van der Waals surface area contributed by atoms with Gasteiger partial charge < -0.3 is 5.32 Å². The lowest BCUT2D eigenvalue weighted by molar-refractivity contribution is -0.383. The molecule has 0 aliphatic heterocycles. The van der Waals surface area contributed by atoms with Gasteiger partial charge in [-0.3, -0.25) is 10.1 Å². The molecule has 0 heterocycles. The van der Waals surface area contributed by atoms with Crippen LogP contribution in [0.3, 0.4) is 0 Å². The van der Waals surface area contributed by atoms with E-state index in [-0.39, 0.29) is 10.7 Å². The molecule has 1 N–H and O–H groups in total. The molecule has 1 rings (SSSR count). The number of nitro groups is 1. The molecule has 1 aromatic rings. The minimum Gasteiger partial charge on any atom is -0.383 e. The predicted molar refractivity (Wildman–Crippen MR) is 46.5 cm³/mol. The number of nitrogens with one attached hydrogen (secondary N) is 1. The van der Waals surface area contributed by atoms with Crippen molar-refractivity contribution in [1.29, 1.82) is 0 Å². The second-order valence-electron chi connectivity index (χ2n) is 2.06. The molecule has 0 saturated heterocycles. The van der Waals surface area contributed by atoms with Crippen LogP contribution in [0.1, 0.15) is 0 Å². The summed E-state index contributed by atoms with van der Waals surface area (Å²) < 4.78 is 0. The van der Waals surface area contributed by atoms with Gasteiger partial charge in [0.25, 0.3) is 0 Å². The van der Waals surface area contributed by atoms with Gasteiger partial charge >= 0.3 is 5.69 Å². The summed E-state index contributed by atoms with van der Waals surface area (Å²) in [5.41, 5.74) is 0.255. The van der Waals surface area contributed by atoms with Crippen molar-refractivity contribution in [2.24, 2.45) is 0 Å². The van der Waals surface area contributed by atoms with Gasteiger partial charge in [0, 0.05) is 13.1 Å². The maximum Gasteiger partial charge on any atom is 0.311 e. The molecule has 0 spiro atoms. The van der Waals surface area contributed by atoms with Crippen molar-refractivity contribution in [1.82, 2.24) is 0 Å². The zero-order chi connectivity index (χ0) is 9.14. The van der Waals surface area contributed by atoms with E-state index in [1.54, 1.807) is 13.1 Å². The molecular weight excluding hydrogens is 180 g/mol. The molecule has 0 atom stereocenters. The summed E-state index contributed by atoms with van der Waals surface area (Å²) in [6.07, 6.45) is 0. The normalized spacial score (nSPS) is 9.50. The van der Waals surface area contributed by atoms with E-state index < -0.39 is 4.92 Å². The number of nitro benzene ring substituents is 1. The van der Waals surface area contributed by atoms with Crippen LogP contribution in [-0.4, -0.2) is 12.0 Å².